The van der Waals surface area contributed by atoms with Crippen LogP contribution in [0.4, 0.5) is 4.79 Å². The van der Waals surface area contributed by atoms with Gasteiger partial charge in [-0.15, -0.1) is 0 Å². The molecule has 0 unspecified atom stereocenters. The van der Waals surface area contributed by atoms with Crippen LogP contribution in [0.15, 0.2) is 54.6 Å². The first kappa shape index (κ1) is 20.5. The van der Waals surface area contributed by atoms with Crippen LogP contribution in [-0.2, 0) is 9.53 Å². The molecule has 1 saturated heterocycles. The fourth-order valence-corrected chi connectivity index (χ4v) is 3.43. The quantitative estimate of drug-likeness (QED) is 0.588. The number of carbonyl (C=O) groups is 2. The maximum absolute atomic E-state index is 13.5. The molecule has 1 heterocycles. The number of para-hydroxylation sites is 1. The summed E-state index contributed by atoms with van der Waals surface area (Å²) in [4.78, 5) is 28.8. The average molecular weight is 394 g/mol. The molecule has 0 spiro atoms. The summed E-state index contributed by atoms with van der Waals surface area (Å²) in [6, 6.07) is 17.2. The van der Waals surface area contributed by atoms with E-state index in [-0.39, 0.29) is 12.0 Å². The highest BCUT2D eigenvalue weighted by Gasteiger charge is 2.25. The SMILES string of the molecule is COC(=O)N1CCCN(C(=O)/C(=C/c2ccccc2OC)c2ccccc2)CC1. The number of benzene rings is 2. The Morgan fingerprint density at radius 2 is 1.52 bits per heavy atom. The summed E-state index contributed by atoms with van der Waals surface area (Å²) < 4.78 is 10.3. The molecule has 152 valence electrons. The van der Waals surface area contributed by atoms with Crippen LogP contribution in [0.3, 0.4) is 0 Å². The lowest BCUT2D eigenvalue weighted by atomic mass is 10.0. The summed E-state index contributed by atoms with van der Waals surface area (Å²) in [6.45, 7) is 2.08. The molecule has 0 saturated carbocycles. The number of ether oxygens (including phenoxy) is 2. The Morgan fingerprint density at radius 3 is 2.24 bits per heavy atom. The average Bonchev–Trinajstić information content (AvgIpc) is 3.03. The molecule has 0 radical (unpaired) electrons. The Bertz CT molecular complexity index is 879. The predicted octanol–water partition coefficient (Wildman–Crippen LogP) is 3.54. The molecule has 6 heteroatoms. The van der Waals surface area contributed by atoms with Gasteiger partial charge in [0.25, 0.3) is 5.91 Å². The molecule has 2 amide bonds. The smallest absolute Gasteiger partial charge is 0.409 e. The molecule has 1 aliphatic rings. The van der Waals surface area contributed by atoms with Gasteiger partial charge >= 0.3 is 6.09 Å². The van der Waals surface area contributed by atoms with Gasteiger partial charge in [-0.3, -0.25) is 4.79 Å². The zero-order valence-corrected chi connectivity index (χ0v) is 16.8. The molecule has 2 aromatic rings. The second-order valence-electron chi connectivity index (χ2n) is 6.77. The van der Waals surface area contributed by atoms with Crippen LogP contribution in [0.1, 0.15) is 17.5 Å². The zero-order valence-electron chi connectivity index (χ0n) is 16.8. The van der Waals surface area contributed by atoms with Crippen molar-refractivity contribution in [1.82, 2.24) is 9.80 Å². The lowest BCUT2D eigenvalue weighted by Gasteiger charge is -2.23. The maximum Gasteiger partial charge on any atom is 0.409 e. The van der Waals surface area contributed by atoms with E-state index in [1.54, 1.807) is 16.9 Å². The van der Waals surface area contributed by atoms with E-state index in [4.69, 9.17) is 9.47 Å². The Hall–Kier alpha value is -3.28. The molecule has 1 aliphatic heterocycles. The Morgan fingerprint density at radius 1 is 0.862 bits per heavy atom. The van der Waals surface area contributed by atoms with Crippen molar-refractivity contribution in [2.45, 2.75) is 6.42 Å². The number of hydrogen-bond acceptors (Lipinski definition) is 4. The summed E-state index contributed by atoms with van der Waals surface area (Å²) in [5.41, 5.74) is 2.28. The van der Waals surface area contributed by atoms with Gasteiger partial charge in [0.15, 0.2) is 0 Å². The van der Waals surface area contributed by atoms with Crippen LogP contribution in [-0.4, -0.2) is 62.2 Å². The molecule has 0 atom stereocenters. The van der Waals surface area contributed by atoms with E-state index in [1.807, 2.05) is 60.7 Å². The van der Waals surface area contributed by atoms with Crippen molar-refractivity contribution in [1.29, 1.82) is 0 Å². The van der Waals surface area contributed by atoms with E-state index in [0.717, 1.165) is 11.1 Å². The molecule has 0 aromatic heterocycles. The van der Waals surface area contributed by atoms with Gasteiger partial charge in [-0.2, -0.15) is 0 Å². The van der Waals surface area contributed by atoms with Gasteiger partial charge in [-0.1, -0.05) is 48.5 Å². The second kappa shape index (κ2) is 9.78. The standard InChI is InChI=1S/C23H26N2O4/c1-28-21-12-7-6-11-19(21)17-20(18-9-4-3-5-10-18)22(26)24-13-8-14-25(16-15-24)23(27)29-2/h3-7,9-12,17H,8,13-16H2,1-2H3/b20-17+. The highest BCUT2D eigenvalue weighted by atomic mass is 16.5. The molecule has 29 heavy (non-hydrogen) atoms. The van der Waals surface area contributed by atoms with Crippen molar-refractivity contribution in [3.05, 3.63) is 65.7 Å². The number of nitrogens with zero attached hydrogens (tertiary/aromatic N) is 2. The van der Waals surface area contributed by atoms with Gasteiger partial charge in [-0.25, -0.2) is 4.79 Å². The fourth-order valence-electron chi connectivity index (χ4n) is 3.43. The first-order valence-electron chi connectivity index (χ1n) is 9.66. The van der Waals surface area contributed by atoms with Gasteiger partial charge in [0.05, 0.1) is 14.2 Å². The molecule has 6 nitrogen and oxygen atoms in total. The van der Waals surface area contributed by atoms with E-state index in [9.17, 15) is 9.59 Å². The van der Waals surface area contributed by atoms with Crippen LogP contribution in [0.5, 0.6) is 5.75 Å². The Balaban J connectivity index is 1.91. The summed E-state index contributed by atoms with van der Waals surface area (Å²) in [5.74, 6) is 0.648. The third-order valence-electron chi connectivity index (χ3n) is 4.97. The highest BCUT2D eigenvalue weighted by molar-refractivity contribution is 6.24. The molecule has 2 aromatic carbocycles. The monoisotopic (exact) mass is 394 g/mol. The Kier molecular flexibility index (Phi) is 6.89. The van der Waals surface area contributed by atoms with Crippen LogP contribution in [0, 0.1) is 0 Å². The summed E-state index contributed by atoms with van der Waals surface area (Å²) in [7, 11) is 2.99. The van der Waals surface area contributed by atoms with E-state index >= 15 is 0 Å². The number of methoxy groups -OCH3 is 2. The molecular weight excluding hydrogens is 368 g/mol. The fraction of sp³-hybridized carbons (Fsp3) is 0.304. The van der Waals surface area contributed by atoms with Crippen molar-refractivity contribution < 1.29 is 19.1 Å². The molecule has 3 rings (SSSR count). The lowest BCUT2D eigenvalue weighted by molar-refractivity contribution is -0.124. The minimum absolute atomic E-state index is 0.0613. The van der Waals surface area contributed by atoms with Crippen LogP contribution < -0.4 is 4.74 Å². The van der Waals surface area contributed by atoms with Crippen molar-refractivity contribution >= 4 is 23.6 Å². The second-order valence-corrected chi connectivity index (χ2v) is 6.77. The number of carbonyl (C=O) groups excluding carboxylic acids is 2. The molecular formula is C23H26N2O4. The maximum atomic E-state index is 13.5. The molecule has 0 N–H and O–H groups in total. The third-order valence-corrected chi connectivity index (χ3v) is 4.97. The van der Waals surface area contributed by atoms with E-state index < -0.39 is 0 Å². The van der Waals surface area contributed by atoms with Crippen LogP contribution in [0.25, 0.3) is 11.6 Å². The minimum atomic E-state index is -0.354. The van der Waals surface area contributed by atoms with Crippen molar-refractivity contribution in [2.24, 2.45) is 0 Å². The van der Waals surface area contributed by atoms with Gasteiger partial charge in [0.1, 0.15) is 5.75 Å². The van der Waals surface area contributed by atoms with Crippen molar-refractivity contribution in [3.8, 4) is 5.75 Å². The van der Waals surface area contributed by atoms with Crippen LogP contribution in [0.2, 0.25) is 0 Å². The normalized spacial score (nSPS) is 14.9. The van der Waals surface area contributed by atoms with Crippen molar-refractivity contribution in [2.75, 3.05) is 40.4 Å². The summed E-state index contributed by atoms with van der Waals surface area (Å²) in [5, 5.41) is 0. The van der Waals surface area contributed by atoms with Crippen molar-refractivity contribution in [3.63, 3.8) is 0 Å². The van der Waals surface area contributed by atoms with E-state index in [0.29, 0.717) is 43.9 Å². The number of amides is 2. The molecule has 1 fully saturated rings. The van der Waals surface area contributed by atoms with Gasteiger partial charge < -0.3 is 19.3 Å². The van der Waals surface area contributed by atoms with Gasteiger partial charge in [0, 0.05) is 37.3 Å². The van der Waals surface area contributed by atoms with Gasteiger partial charge in [-0.05, 0) is 24.1 Å². The largest absolute Gasteiger partial charge is 0.496 e. The first-order chi connectivity index (χ1) is 14.1. The van der Waals surface area contributed by atoms with E-state index in [1.165, 1.54) is 7.11 Å². The number of rotatable bonds is 4. The summed E-state index contributed by atoms with van der Waals surface area (Å²) >= 11 is 0. The third kappa shape index (κ3) is 4.96. The highest BCUT2D eigenvalue weighted by Crippen LogP contribution is 2.26. The topological polar surface area (TPSA) is 59.1 Å². The summed E-state index contributed by atoms with van der Waals surface area (Å²) in [6.07, 6.45) is 2.23. The first-order valence-corrected chi connectivity index (χ1v) is 9.66. The molecule has 0 aliphatic carbocycles. The Labute approximate surface area is 171 Å². The van der Waals surface area contributed by atoms with Gasteiger partial charge in [0.2, 0.25) is 0 Å². The van der Waals surface area contributed by atoms with Crippen LogP contribution >= 0.6 is 0 Å². The zero-order chi connectivity index (χ0) is 20.6. The number of hydrogen-bond donors (Lipinski definition) is 0. The minimum Gasteiger partial charge on any atom is -0.496 e. The predicted molar refractivity (Wildman–Crippen MR) is 112 cm³/mol. The molecule has 0 bridgehead atoms. The lowest BCUT2D eigenvalue weighted by Crippen LogP contribution is -2.37. The van der Waals surface area contributed by atoms with E-state index in [2.05, 4.69) is 0 Å².